The summed E-state index contributed by atoms with van der Waals surface area (Å²) >= 11 is 3.67. The molecule has 2 saturated carbocycles. The van der Waals surface area contributed by atoms with Crippen molar-refractivity contribution in [3.8, 4) is 0 Å². The molecule has 0 spiro atoms. The summed E-state index contributed by atoms with van der Waals surface area (Å²) in [6, 6.07) is 0. The fraction of sp³-hybridized carbons (Fsp3) is 0.867. The molecule has 6 atom stereocenters. The van der Waals surface area contributed by atoms with E-state index in [2.05, 4.69) is 22.9 Å². The van der Waals surface area contributed by atoms with E-state index < -0.39 is 0 Å². The number of likely N-dealkylation sites (tertiary alicyclic amines) is 1. The van der Waals surface area contributed by atoms with Crippen LogP contribution in [0, 0.1) is 29.6 Å². The summed E-state index contributed by atoms with van der Waals surface area (Å²) < 4.78 is 5.48. The molecule has 2 bridgehead atoms. The van der Waals surface area contributed by atoms with Crippen molar-refractivity contribution in [1.82, 2.24) is 4.90 Å². The van der Waals surface area contributed by atoms with Gasteiger partial charge in [-0.2, -0.15) is 0 Å². The smallest absolute Gasteiger partial charge is 0.310 e. The molecule has 0 N–H and O–H groups in total. The molecule has 4 nitrogen and oxygen atoms in total. The van der Waals surface area contributed by atoms with Crippen molar-refractivity contribution in [2.45, 2.75) is 37.1 Å². The van der Waals surface area contributed by atoms with Gasteiger partial charge in [-0.1, -0.05) is 22.9 Å². The van der Waals surface area contributed by atoms with Crippen LogP contribution < -0.4 is 0 Å². The molecule has 0 unspecified atom stereocenters. The van der Waals surface area contributed by atoms with Crippen LogP contribution in [0.25, 0.3) is 0 Å². The SMILES string of the molecule is CC1CCN(C(=O)[C@@H]2[C@H]3C[C@H]4[C@H](OC(=O)[C@H]42)[C@H]3Br)CC1. The molecule has 2 saturated heterocycles. The molecule has 20 heavy (non-hydrogen) atoms. The maximum absolute atomic E-state index is 12.9. The van der Waals surface area contributed by atoms with E-state index in [0.717, 1.165) is 32.4 Å². The Morgan fingerprint density at radius 1 is 1.30 bits per heavy atom. The van der Waals surface area contributed by atoms with Crippen molar-refractivity contribution in [2.24, 2.45) is 29.6 Å². The first-order chi connectivity index (χ1) is 9.58. The summed E-state index contributed by atoms with van der Waals surface area (Å²) in [4.78, 5) is 27.1. The van der Waals surface area contributed by atoms with Crippen LogP contribution in [0.1, 0.15) is 26.2 Å². The zero-order valence-corrected chi connectivity index (χ0v) is 13.2. The lowest BCUT2D eigenvalue weighted by molar-refractivity contribution is -0.148. The van der Waals surface area contributed by atoms with Crippen molar-refractivity contribution < 1.29 is 14.3 Å². The van der Waals surface area contributed by atoms with Crippen LogP contribution in [-0.2, 0) is 14.3 Å². The van der Waals surface area contributed by atoms with E-state index >= 15 is 0 Å². The lowest BCUT2D eigenvalue weighted by Crippen LogP contribution is -2.47. The van der Waals surface area contributed by atoms with Crippen LogP contribution in [0.3, 0.4) is 0 Å². The second kappa shape index (κ2) is 4.46. The molecule has 2 aliphatic carbocycles. The van der Waals surface area contributed by atoms with Gasteiger partial charge in [-0.05, 0) is 31.1 Å². The Balaban J connectivity index is 1.56. The van der Waals surface area contributed by atoms with Crippen LogP contribution in [0.5, 0.6) is 0 Å². The molecule has 0 aromatic rings. The van der Waals surface area contributed by atoms with E-state index in [1.165, 1.54) is 0 Å². The molecule has 5 heteroatoms. The van der Waals surface area contributed by atoms with Crippen molar-refractivity contribution in [1.29, 1.82) is 0 Å². The number of esters is 1. The largest absolute Gasteiger partial charge is 0.461 e. The van der Waals surface area contributed by atoms with E-state index in [0.29, 0.717) is 5.92 Å². The number of hydrogen-bond acceptors (Lipinski definition) is 3. The topological polar surface area (TPSA) is 46.6 Å². The zero-order chi connectivity index (χ0) is 14.0. The van der Waals surface area contributed by atoms with Gasteiger partial charge < -0.3 is 9.64 Å². The molecule has 2 aliphatic heterocycles. The summed E-state index contributed by atoms with van der Waals surface area (Å²) in [5.41, 5.74) is 0. The third-order valence-corrected chi connectivity index (χ3v) is 7.10. The molecular weight excluding hydrogens is 322 g/mol. The molecule has 0 radical (unpaired) electrons. The highest BCUT2D eigenvalue weighted by Crippen LogP contribution is 2.60. The van der Waals surface area contributed by atoms with Crippen molar-refractivity contribution in [3.63, 3.8) is 0 Å². The van der Waals surface area contributed by atoms with Gasteiger partial charge in [0.05, 0.1) is 16.7 Å². The van der Waals surface area contributed by atoms with E-state index in [9.17, 15) is 9.59 Å². The standard InChI is InChI=1S/C15H20BrNO3/c1-7-2-4-17(5-3-7)14(18)10-8-6-9-11(10)15(19)20-13(9)12(8)16/h7-13H,2-6H2,1H3/t8-,9-,10-,11-,12+,13+/m1/s1. The fourth-order valence-corrected chi connectivity index (χ4v) is 5.79. The lowest BCUT2D eigenvalue weighted by atomic mass is 9.78. The maximum atomic E-state index is 12.9. The first kappa shape index (κ1) is 13.1. The molecule has 2 heterocycles. The van der Waals surface area contributed by atoms with Gasteiger partial charge in [-0.15, -0.1) is 0 Å². The predicted octanol–water partition coefficient (Wildman–Crippen LogP) is 1.82. The zero-order valence-electron chi connectivity index (χ0n) is 11.6. The highest BCUT2D eigenvalue weighted by atomic mass is 79.9. The number of hydrogen-bond donors (Lipinski definition) is 0. The molecule has 110 valence electrons. The number of nitrogens with zero attached hydrogens (tertiary/aromatic N) is 1. The summed E-state index contributed by atoms with van der Waals surface area (Å²) in [5.74, 6) is 1.05. The van der Waals surface area contributed by atoms with Crippen LogP contribution >= 0.6 is 15.9 Å². The minimum Gasteiger partial charge on any atom is -0.461 e. The number of halogens is 1. The molecule has 4 fully saturated rings. The third kappa shape index (κ3) is 1.65. The van der Waals surface area contributed by atoms with Crippen LogP contribution in [-0.4, -0.2) is 40.8 Å². The van der Waals surface area contributed by atoms with Crippen molar-refractivity contribution in [2.75, 3.05) is 13.1 Å². The first-order valence-electron chi connectivity index (χ1n) is 7.71. The third-order valence-electron chi connectivity index (χ3n) is 5.90. The molecule has 0 aromatic carbocycles. The van der Waals surface area contributed by atoms with Gasteiger partial charge in [0.1, 0.15) is 6.10 Å². The molecule has 1 amide bonds. The normalized spacial score (nSPS) is 46.9. The Kier molecular flexibility index (Phi) is 2.92. The van der Waals surface area contributed by atoms with Gasteiger partial charge in [0.15, 0.2) is 0 Å². The van der Waals surface area contributed by atoms with E-state index in [1.807, 2.05) is 4.90 Å². The number of ether oxygens (including phenoxy) is 1. The Morgan fingerprint density at radius 3 is 2.70 bits per heavy atom. The number of alkyl halides is 1. The Morgan fingerprint density at radius 2 is 2.00 bits per heavy atom. The second-order valence-electron chi connectivity index (χ2n) is 6.97. The maximum Gasteiger partial charge on any atom is 0.310 e. The Bertz CT molecular complexity index is 460. The first-order valence-corrected chi connectivity index (χ1v) is 8.63. The quantitative estimate of drug-likeness (QED) is 0.539. The van der Waals surface area contributed by atoms with Crippen molar-refractivity contribution >= 4 is 27.8 Å². The monoisotopic (exact) mass is 341 g/mol. The number of amides is 1. The summed E-state index contributed by atoms with van der Waals surface area (Å²) in [6.07, 6.45) is 3.16. The highest BCUT2D eigenvalue weighted by molar-refractivity contribution is 9.09. The van der Waals surface area contributed by atoms with Crippen LogP contribution in [0.15, 0.2) is 0 Å². The number of fused-ring (bicyclic) bond motifs is 1. The van der Waals surface area contributed by atoms with Crippen molar-refractivity contribution in [3.05, 3.63) is 0 Å². The fourth-order valence-electron chi connectivity index (χ4n) is 4.75. The Labute approximate surface area is 127 Å². The number of piperidine rings is 1. The second-order valence-corrected chi connectivity index (χ2v) is 8.03. The summed E-state index contributed by atoms with van der Waals surface area (Å²) in [5, 5.41) is 0. The number of rotatable bonds is 1. The van der Waals surface area contributed by atoms with E-state index in [-0.39, 0.29) is 46.5 Å². The lowest BCUT2D eigenvalue weighted by Gasteiger charge is -2.36. The predicted molar refractivity (Wildman–Crippen MR) is 76.2 cm³/mol. The molecule has 4 rings (SSSR count). The van der Waals surface area contributed by atoms with Gasteiger partial charge in [0.25, 0.3) is 0 Å². The summed E-state index contributed by atoms with van der Waals surface area (Å²) in [6.45, 7) is 3.95. The Hall–Kier alpha value is -0.580. The van der Waals surface area contributed by atoms with Gasteiger partial charge in [-0.25, -0.2) is 0 Å². The number of carbonyl (C=O) groups is 2. The van der Waals surface area contributed by atoms with Crippen LogP contribution in [0.2, 0.25) is 0 Å². The average molecular weight is 342 g/mol. The highest BCUT2D eigenvalue weighted by Gasteiger charge is 2.68. The number of carbonyl (C=O) groups excluding carboxylic acids is 2. The van der Waals surface area contributed by atoms with Gasteiger partial charge in [0.2, 0.25) is 5.91 Å². The molecular formula is C15H20BrNO3. The van der Waals surface area contributed by atoms with Gasteiger partial charge in [0, 0.05) is 19.0 Å². The van der Waals surface area contributed by atoms with Gasteiger partial charge in [-0.3, -0.25) is 9.59 Å². The van der Waals surface area contributed by atoms with Gasteiger partial charge >= 0.3 is 5.97 Å². The van der Waals surface area contributed by atoms with E-state index in [4.69, 9.17) is 4.74 Å². The minimum atomic E-state index is -0.161. The molecule has 4 aliphatic rings. The summed E-state index contributed by atoms with van der Waals surface area (Å²) in [7, 11) is 0. The van der Waals surface area contributed by atoms with Crippen LogP contribution in [0.4, 0.5) is 0 Å². The van der Waals surface area contributed by atoms with E-state index in [1.54, 1.807) is 0 Å². The minimum absolute atomic E-state index is 0.0166. The molecule has 0 aromatic heterocycles. The average Bonchev–Trinajstić information content (AvgIpc) is 3.03.